The van der Waals surface area contributed by atoms with Crippen molar-refractivity contribution in [2.75, 3.05) is 63.9 Å². The molecule has 2 saturated heterocycles. The number of thiazole rings is 1. The van der Waals surface area contributed by atoms with E-state index in [4.69, 9.17) is 16.3 Å². The number of piperazine rings is 1. The summed E-state index contributed by atoms with van der Waals surface area (Å²) in [4.78, 5) is 62.3. The SMILES string of the molecule is C=C(N[C@@H](C)c1ccc(-c2scnc2C)cc1)[C@@H]1C[C@@H](O)CN1C(=O)[C@@H](NC(=O)CCOCCCNC[C@@H](C(=O)N1CCN(c2ncnc3c2[C@H](C)CC3)CC1)c1ccc(Cl)cc1)C(C)(C)C. The molecule has 7 rings (SSSR count). The van der Waals surface area contributed by atoms with E-state index in [2.05, 4.69) is 73.6 Å². The second kappa shape index (κ2) is 22.5. The highest BCUT2D eigenvalue weighted by Gasteiger charge is 2.43. The molecule has 0 saturated carbocycles. The van der Waals surface area contributed by atoms with Gasteiger partial charge in [0.15, 0.2) is 0 Å². The van der Waals surface area contributed by atoms with Gasteiger partial charge in [-0.1, -0.05) is 82.3 Å². The highest BCUT2D eigenvalue weighted by atomic mass is 35.5. The summed E-state index contributed by atoms with van der Waals surface area (Å²) in [6.07, 6.45) is 4.16. The van der Waals surface area contributed by atoms with Gasteiger partial charge in [-0.3, -0.25) is 14.4 Å². The molecule has 2 aromatic carbocycles. The van der Waals surface area contributed by atoms with Crippen LogP contribution >= 0.6 is 22.9 Å². The normalized spacial score (nSPS) is 19.8. The van der Waals surface area contributed by atoms with Crippen molar-refractivity contribution < 1.29 is 24.2 Å². The second-order valence-corrected chi connectivity index (χ2v) is 20.7. The van der Waals surface area contributed by atoms with E-state index < -0.39 is 23.6 Å². The lowest BCUT2D eigenvalue weighted by atomic mass is 9.85. The molecule has 0 radical (unpaired) electrons. The molecule has 3 aliphatic rings. The molecule has 2 aromatic heterocycles. The van der Waals surface area contributed by atoms with Gasteiger partial charge in [-0.05, 0) is 79.8 Å². The number of aliphatic hydroxyl groups is 1. The molecule has 4 heterocycles. The highest BCUT2D eigenvalue weighted by Crippen LogP contribution is 2.38. The van der Waals surface area contributed by atoms with Crippen LogP contribution in [0, 0.1) is 12.3 Å². The summed E-state index contributed by atoms with van der Waals surface area (Å²) in [7, 11) is 0. The minimum absolute atomic E-state index is 0.0814. The Balaban J connectivity index is 0.845. The maximum absolute atomic E-state index is 14.2. The first-order chi connectivity index (χ1) is 32.1. The monoisotopic (exact) mass is 953 g/mol. The smallest absolute Gasteiger partial charge is 0.246 e. The Bertz CT molecular complexity index is 2330. The Kier molecular flexibility index (Phi) is 16.7. The van der Waals surface area contributed by atoms with Crippen molar-refractivity contribution >= 4 is 46.5 Å². The largest absolute Gasteiger partial charge is 0.391 e. The number of aliphatic hydroxyl groups excluding tert-OH is 1. The van der Waals surface area contributed by atoms with E-state index in [0.717, 1.165) is 51.6 Å². The molecule has 360 valence electrons. The van der Waals surface area contributed by atoms with E-state index >= 15 is 0 Å². The number of aromatic nitrogens is 3. The lowest BCUT2D eigenvalue weighted by Crippen LogP contribution is -2.56. The molecule has 1 aliphatic carbocycles. The second-order valence-electron chi connectivity index (χ2n) is 19.4. The van der Waals surface area contributed by atoms with Crippen LogP contribution in [0.1, 0.15) is 106 Å². The Labute approximate surface area is 404 Å². The Hall–Kier alpha value is -4.93. The topological polar surface area (TPSA) is 165 Å². The van der Waals surface area contributed by atoms with Crippen LogP contribution in [0.2, 0.25) is 5.02 Å². The summed E-state index contributed by atoms with van der Waals surface area (Å²) in [5, 5.41) is 21.3. The molecule has 4 N–H and O–H groups in total. The molecule has 6 atom stereocenters. The van der Waals surface area contributed by atoms with Crippen LogP contribution in [0.3, 0.4) is 0 Å². The number of carbonyl (C=O) groups excluding carboxylic acids is 3. The number of rotatable bonds is 19. The first kappa shape index (κ1) is 50.0. The molecular formula is C51H68ClN9O5S. The van der Waals surface area contributed by atoms with Crippen LogP contribution < -0.4 is 20.9 Å². The average molecular weight is 955 g/mol. The molecule has 67 heavy (non-hydrogen) atoms. The van der Waals surface area contributed by atoms with E-state index in [1.807, 2.05) is 69.3 Å². The van der Waals surface area contributed by atoms with E-state index in [-0.39, 0.29) is 49.3 Å². The van der Waals surface area contributed by atoms with Crippen molar-refractivity contribution in [2.24, 2.45) is 5.41 Å². The molecule has 0 bridgehead atoms. The van der Waals surface area contributed by atoms with Gasteiger partial charge in [0.1, 0.15) is 18.2 Å². The van der Waals surface area contributed by atoms with Gasteiger partial charge in [0, 0.05) is 86.7 Å². The van der Waals surface area contributed by atoms with Crippen LogP contribution in [-0.2, 0) is 25.5 Å². The first-order valence-electron chi connectivity index (χ1n) is 23.7. The lowest BCUT2D eigenvalue weighted by Gasteiger charge is -2.38. The number of nitrogens with zero attached hydrogens (tertiary/aromatic N) is 6. The zero-order valence-electron chi connectivity index (χ0n) is 39.9. The molecule has 0 unspecified atom stereocenters. The number of hydrogen-bond acceptors (Lipinski definition) is 12. The van der Waals surface area contributed by atoms with Gasteiger partial charge in [0.05, 0.1) is 40.8 Å². The first-order valence-corrected chi connectivity index (χ1v) is 25.0. The third-order valence-corrected chi connectivity index (χ3v) is 14.6. The summed E-state index contributed by atoms with van der Waals surface area (Å²) in [6.45, 7) is 20.9. The molecule has 14 nitrogen and oxygen atoms in total. The molecule has 2 aliphatic heterocycles. The van der Waals surface area contributed by atoms with Crippen LogP contribution in [0.4, 0.5) is 5.82 Å². The fourth-order valence-electron chi connectivity index (χ4n) is 9.48. The standard InChI is InChI=1S/C51H68ClN9O5S/c1-32-9-18-42-45(32)48(55-30-54-42)59-21-23-60(24-22-59)49(64)41(37-14-16-39(52)17-15-37)28-53-20-8-25-66-26-19-44(63)58-47(51(5,6)7)50(65)61-29-40(62)27-43(61)34(3)57-33(2)36-10-12-38(13-11-36)46-35(4)56-31-67-46/h10-17,30-33,40-41,43,47,53,57,62H,3,8-9,18-29H2,1-2,4-7H3,(H,58,63)/t32-,33+,40-,41-,43+,47-/m1/s1. The van der Waals surface area contributed by atoms with Crippen LogP contribution in [0.15, 0.2) is 72.6 Å². The maximum atomic E-state index is 14.2. The predicted molar refractivity (Wildman–Crippen MR) is 265 cm³/mol. The van der Waals surface area contributed by atoms with Crippen molar-refractivity contribution in [3.05, 3.63) is 106 Å². The average Bonchev–Trinajstić information content (AvgIpc) is 4.05. The van der Waals surface area contributed by atoms with Gasteiger partial charge < -0.3 is 40.5 Å². The van der Waals surface area contributed by atoms with E-state index in [9.17, 15) is 19.5 Å². The van der Waals surface area contributed by atoms with Crippen molar-refractivity contribution in [2.45, 2.75) is 110 Å². The molecular weight excluding hydrogens is 886 g/mol. The Morgan fingerprint density at radius 1 is 0.970 bits per heavy atom. The number of ether oxygens (including phenoxy) is 1. The molecule has 16 heteroatoms. The van der Waals surface area contributed by atoms with Crippen molar-refractivity contribution in [1.29, 1.82) is 0 Å². The van der Waals surface area contributed by atoms with E-state index in [1.54, 1.807) is 22.6 Å². The Morgan fingerprint density at radius 3 is 2.37 bits per heavy atom. The fourth-order valence-corrected chi connectivity index (χ4v) is 10.4. The van der Waals surface area contributed by atoms with Crippen LogP contribution in [0.5, 0.6) is 0 Å². The van der Waals surface area contributed by atoms with Gasteiger partial charge >= 0.3 is 0 Å². The van der Waals surface area contributed by atoms with Gasteiger partial charge in [0.25, 0.3) is 0 Å². The minimum Gasteiger partial charge on any atom is -0.391 e. The quantitative estimate of drug-likeness (QED) is 0.0733. The number of anilines is 1. The third kappa shape index (κ3) is 12.4. The maximum Gasteiger partial charge on any atom is 0.246 e. The number of β-amino-alcohol motifs (C(OH)–C–C–N with tert-alkyl or cyclic N) is 1. The highest BCUT2D eigenvalue weighted by molar-refractivity contribution is 7.13. The molecule has 2 fully saturated rings. The summed E-state index contributed by atoms with van der Waals surface area (Å²) >= 11 is 7.85. The number of amides is 3. The van der Waals surface area contributed by atoms with Crippen molar-refractivity contribution in [3.8, 4) is 10.4 Å². The number of likely N-dealkylation sites (tertiary alicyclic amines) is 1. The van der Waals surface area contributed by atoms with Crippen molar-refractivity contribution in [3.63, 3.8) is 0 Å². The predicted octanol–water partition coefficient (Wildman–Crippen LogP) is 6.79. The van der Waals surface area contributed by atoms with Gasteiger partial charge in [-0.25, -0.2) is 15.0 Å². The summed E-state index contributed by atoms with van der Waals surface area (Å²) in [6, 6.07) is 14.5. The molecule has 3 amide bonds. The van der Waals surface area contributed by atoms with Crippen LogP contribution in [0.25, 0.3) is 10.4 Å². The number of halogens is 1. The molecule has 4 aromatic rings. The number of hydrogen-bond donors (Lipinski definition) is 4. The zero-order valence-corrected chi connectivity index (χ0v) is 41.5. The number of fused-ring (bicyclic) bond motifs is 1. The lowest BCUT2D eigenvalue weighted by molar-refractivity contribution is -0.140. The van der Waals surface area contributed by atoms with E-state index in [0.29, 0.717) is 75.4 Å². The number of carbonyl (C=O) groups is 3. The van der Waals surface area contributed by atoms with Crippen molar-refractivity contribution in [1.82, 2.24) is 40.7 Å². The number of benzene rings is 2. The molecule has 0 spiro atoms. The third-order valence-electron chi connectivity index (χ3n) is 13.4. The van der Waals surface area contributed by atoms with Gasteiger partial charge in [-0.2, -0.15) is 0 Å². The Morgan fingerprint density at radius 2 is 1.69 bits per heavy atom. The fraction of sp³-hybridized carbons (Fsp3) is 0.529. The summed E-state index contributed by atoms with van der Waals surface area (Å²) in [5.74, 6) is 0.608. The summed E-state index contributed by atoms with van der Waals surface area (Å²) in [5.41, 5.74) is 8.39. The van der Waals surface area contributed by atoms with Gasteiger partial charge in [0.2, 0.25) is 17.7 Å². The van der Waals surface area contributed by atoms with Crippen LogP contribution in [-0.4, -0.2) is 125 Å². The van der Waals surface area contributed by atoms with Gasteiger partial charge in [-0.15, -0.1) is 11.3 Å². The zero-order chi connectivity index (χ0) is 47.8. The number of nitrogens with one attached hydrogen (secondary N) is 3. The number of aryl methyl sites for hydroxylation is 2. The van der Waals surface area contributed by atoms with E-state index in [1.165, 1.54) is 5.56 Å². The summed E-state index contributed by atoms with van der Waals surface area (Å²) < 4.78 is 5.87. The minimum atomic E-state index is -0.826.